The van der Waals surface area contributed by atoms with E-state index in [4.69, 9.17) is 0 Å². The number of Topliss-reactive ketones (excluding diaryl/α,β-unsaturated/α-hetero) is 1. The number of carbonyl (C=O) groups is 1. The number of hydrogen-bond donors (Lipinski definition) is 0. The van der Waals surface area contributed by atoms with Crippen molar-refractivity contribution in [2.24, 2.45) is 5.92 Å². The smallest absolute Gasteiger partial charge is 0.155 e. The lowest BCUT2D eigenvalue weighted by molar-refractivity contribution is -0.122. The van der Waals surface area contributed by atoms with E-state index in [1.807, 2.05) is 13.1 Å². The van der Waals surface area contributed by atoms with Crippen LogP contribution in [0.25, 0.3) is 0 Å². The fourth-order valence-corrected chi connectivity index (χ4v) is 2.74. The van der Waals surface area contributed by atoms with Crippen LogP contribution in [0.4, 0.5) is 5.69 Å². The van der Waals surface area contributed by atoms with Crippen molar-refractivity contribution >= 4 is 11.5 Å². The lowest BCUT2D eigenvalue weighted by Gasteiger charge is -2.24. The standard InChI is InChI=1S/C16H23NO/c1-13-7-6-10-15(11-13)17(2)12-16(18)14-8-4-3-5-9-14/h6-7,10-11,14H,3-5,8-9,12H2,1-2H3. The molecule has 0 spiro atoms. The molecule has 0 N–H and O–H groups in total. The first-order valence-electron chi connectivity index (χ1n) is 6.97. The molecular weight excluding hydrogens is 222 g/mol. The molecular formula is C16H23NO. The van der Waals surface area contributed by atoms with Crippen molar-refractivity contribution in [2.45, 2.75) is 39.0 Å². The van der Waals surface area contributed by atoms with Gasteiger partial charge in [0.2, 0.25) is 0 Å². The van der Waals surface area contributed by atoms with Crippen LogP contribution in [-0.2, 0) is 4.79 Å². The molecule has 0 radical (unpaired) electrons. The summed E-state index contributed by atoms with van der Waals surface area (Å²) in [6.07, 6.45) is 5.95. The summed E-state index contributed by atoms with van der Waals surface area (Å²) in [4.78, 5) is 14.3. The van der Waals surface area contributed by atoms with Crippen LogP contribution in [0, 0.1) is 12.8 Å². The van der Waals surface area contributed by atoms with E-state index >= 15 is 0 Å². The lowest BCUT2D eigenvalue weighted by atomic mass is 9.86. The molecule has 1 aliphatic carbocycles. The molecule has 0 saturated heterocycles. The second-order valence-corrected chi connectivity index (χ2v) is 5.50. The van der Waals surface area contributed by atoms with E-state index in [9.17, 15) is 4.79 Å². The quantitative estimate of drug-likeness (QED) is 0.808. The highest BCUT2D eigenvalue weighted by Gasteiger charge is 2.21. The largest absolute Gasteiger partial charge is 0.367 e. The molecule has 1 aromatic carbocycles. The number of nitrogens with zero attached hydrogens (tertiary/aromatic N) is 1. The maximum Gasteiger partial charge on any atom is 0.155 e. The number of anilines is 1. The van der Waals surface area contributed by atoms with Crippen LogP contribution < -0.4 is 4.90 Å². The number of likely N-dealkylation sites (N-methyl/N-ethyl adjacent to an activating group) is 1. The first-order valence-corrected chi connectivity index (χ1v) is 6.97. The summed E-state index contributed by atoms with van der Waals surface area (Å²) < 4.78 is 0. The highest BCUT2D eigenvalue weighted by Crippen LogP contribution is 2.25. The molecule has 2 nitrogen and oxygen atoms in total. The average molecular weight is 245 g/mol. The molecule has 0 unspecified atom stereocenters. The van der Waals surface area contributed by atoms with Gasteiger partial charge in [-0.05, 0) is 37.5 Å². The van der Waals surface area contributed by atoms with Gasteiger partial charge in [0, 0.05) is 18.7 Å². The monoisotopic (exact) mass is 245 g/mol. The number of hydrogen-bond acceptors (Lipinski definition) is 2. The van der Waals surface area contributed by atoms with Gasteiger partial charge in [-0.15, -0.1) is 0 Å². The Labute approximate surface area is 110 Å². The molecule has 2 rings (SSSR count). The van der Waals surface area contributed by atoms with Crippen LogP contribution in [-0.4, -0.2) is 19.4 Å². The third-order valence-corrected chi connectivity index (χ3v) is 3.90. The van der Waals surface area contributed by atoms with Gasteiger partial charge in [-0.1, -0.05) is 31.4 Å². The normalized spacial score (nSPS) is 16.6. The molecule has 98 valence electrons. The number of carbonyl (C=O) groups excluding carboxylic acids is 1. The van der Waals surface area contributed by atoms with Crippen LogP contribution in [0.2, 0.25) is 0 Å². The van der Waals surface area contributed by atoms with Crippen LogP contribution >= 0.6 is 0 Å². The average Bonchev–Trinajstić information content (AvgIpc) is 2.39. The van der Waals surface area contributed by atoms with Crippen molar-refractivity contribution in [3.8, 4) is 0 Å². The van der Waals surface area contributed by atoms with Gasteiger partial charge in [-0.25, -0.2) is 0 Å². The van der Waals surface area contributed by atoms with Crippen molar-refractivity contribution < 1.29 is 4.79 Å². The van der Waals surface area contributed by atoms with E-state index in [2.05, 4.69) is 30.0 Å². The topological polar surface area (TPSA) is 20.3 Å². The van der Waals surface area contributed by atoms with Gasteiger partial charge in [-0.2, -0.15) is 0 Å². The van der Waals surface area contributed by atoms with Crippen molar-refractivity contribution in [3.63, 3.8) is 0 Å². The Kier molecular flexibility index (Phi) is 4.40. The van der Waals surface area contributed by atoms with Gasteiger partial charge in [0.05, 0.1) is 6.54 Å². The summed E-state index contributed by atoms with van der Waals surface area (Å²) in [5, 5.41) is 0. The third-order valence-electron chi connectivity index (χ3n) is 3.90. The minimum Gasteiger partial charge on any atom is -0.367 e. The van der Waals surface area contributed by atoms with Crippen LogP contribution in [0.1, 0.15) is 37.7 Å². The summed E-state index contributed by atoms with van der Waals surface area (Å²) in [6.45, 7) is 2.63. The van der Waals surface area contributed by atoms with Crippen LogP contribution in [0.3, 0.4) is 0 Å². The zero-order chi connectivity index (χ0) is 13.0. The van der Waals surface area contributed by atoms with Crippen molar-refractivity contribution in [1.82, 2.24) is 0 Å². The van der Waals surface area contributed by atoms with E-state index in [0.717, 1.165) is 18.5 Å². The fourth-order valence-electron chi connectivity index (χ4n) is 2.74. The second-order valence-electron chi connectivity index (χ2n) is 5.50. The Morgan fingerprint density at radius 2 is 2.00 bits per heavy atom. The Bertz CT molecular complexity index is 407. The van der Waals surface area contributed by atoms with Crippen molar-refractivity contribution in [2.75, 3.05) is 18.5 Å². The van der Waals surface area contributed by atoms with E-state index in [-0.39, 0.29) is 0 Å². The van der Waals surface area contributed by atoms with Crippen molar-refractivity contribution in [3.05, 3.63) is 29.8 Å². The molecule has 2 heteroatoms. The maximum atomic E-state index is 12.2. The molecule has 1 aliphatic rings. The van der Waals surface area contributed by atoms with Gasteiger partial charge in [0.25, 0.3) is 0 Å². The highest BCUT2D eigenvalue weighted by molar-refractivity contribution is 5.85. The number of rotatable bonds is 4. The Morgan fingerprint density at radius 1 is 1.28 bits per heavy atom. The van der Waals surface area contributed by atoms with Gasteiger partial charge in [-0.3, -0.25) is 4.79 Å². The predicted octanol–water partition coefficient (Wildman–Crippen LogP) is 3.58. The predicted molar refractivity (Wildman–Crippen MR) is 76.0 cm³/mol. The summed E-state index contributed by atoms with van der Waals surface area (Å²) in [5.74, 6) is 0.727. The first-order chi connectivity index (χ1) is 8.66. The second kappa shape index (κ2) is 6.03. The molecule has 1 saturated carbocycles. The molecule has 1 fully saturated rings. The van der Waals surface area contributed by atoms with Gasteiger partial charge >= 0.3 is 0 Å². The lowest BCUT2D eigenvalue weighted by Crippen LogP contribution is -2.31. The molecule has 18 heavy (non-hydrogen) atoms. The first kappa shape index (κ1) is 13.1. The van der Waals surface area contributed by atoms with Gasteiger partial charge in [0.1, 0.15) is 0 Å². The maximum absolute atomic E-state index is 12.2. The Morgan fingerprint density at radius 3 is 2.67 bits per heavy atom. The highest BCUT2D eigenvalue weighted by atomic mass is 16.1. The zero-order valence-corrected chi connectivity index (χ0v) is 11.5. The number of aryl methyl sites for hydroxylation is 1. The molecule has 0 atom stereocenters. The minimum absolute atomic E-state index is 0.311. The number of benzene rings is 1. The molecule has 0 aromatic heterocycles. The summed E-state index contributed by atoms with van der Waals surface area (Å²) in [7, 11) is 2.01. The molecule has 0 aliphatic heterocycles. The Balaban J connectivity index is 1.94. The Hall–Kier alpha value is -1.31. The van der Waals surface area contributed by atoms with Gasteiger partial charge < -0.3 is 4.90 Å². The van der Waals surface area contributed by atoms with Crippen LogP contribution in [0.15, 0.2) is 24.3 Å². The minimum atomic E-state index is 0.311. The third kappa shape index (κ3) is 3.34. The van der Waals surface area contributed by atoms with Crippen LogP contribution in [0.5, 0.6) is 0 Å². The summed E-state index contributed by atoms with van der Waals surface area (Å²) in [5.41, 5.74) is 2.38. The fraction of sp³-hybridized carbons (Fsp3) is 0.562. The molecule has 1 aromatic rings. The summed E-state index contributed by atoms with van der Waals surface area (Å²) >= 11 is 0. The van der Waals surface area contributed by atoms with E-state index < -0.39 is 0 Å². The zero-order valence-electron chi connectivity index (χ0n) is 11.5. The van der Waals surface area contributed by atoms with E-state index in [1.54, 1.807) is 0 Å². The number of ketones is 1. The molecule has 0 bridgehead atoms. The molecule has 0 heterocycles. The van der Waals surface area contributed by atoms with E-state index in [0.29, 0.717) is 18.2 Å². The molecule has 0 amide bonds. The summed E-state index contributed by atoms with van der Waals surface area (Å²) in [6, 6.07) is 8.34. The van der Waals surface area contributed by atoms with Gasteiger partial charge in [0.15, 0.2) is 5.78 Å². The van der Waals surface area contributed by atoms with Crippen molar-refractivity contribution in [1.29, 1.82) is 0 Å². The van der Waals surface area contributed by atoms with E-state index in [1.165, 1.54) is 24.8 Å². The SMILES string of the molecule is Cc1cccc(N(C)CC(=O)C2CCCCC2)c1.